The molecule has 0 aliphatic carbocycles. The Hall–Kier alpha value is -2.98. The molecule has 2 aliphatic heterocycles. The van der Waals surface area contributed by atoms with Gasteiger partial charge in [-0.1, -0.05) is 6.07 Å². The summed E-state index contributed by atoms with van der Waals surface area (Å²) in [4.78, 5) is 48.1. The Morgan fingerprint density at radius 2 is 2.00 bits per heavy atom. The quantitative estimate of drug-likeness (QED) is 0.365. The zero-order valence-electron chi connectivity index (χ0n) is 15.8. The molecule has 0 aromatic heterocycles. The van der Waals surface area contributed by atoms with Crippen LogP contribution >= 0.6 is 0 Å². The number of carboxylic acid groups (broad SMARTS) is 1. The third-order valence-corrected chi connectivity index (χ3v) is 4.74. The van der Waals surface area contributed by atoms with E-state index in [1.54, 1.807) is 12.1 Å². The molecule has 0 spiro atoms. The fraction of sp³-hybridized carbons (Fsp3) is 0.474. The first-order valence-electron chi connectivity index (χ1n) is 9.35. The highest BCUT2D eigenvalue weighted by atomic mass is 16.5. The van der Waals surface area contributed by atoms with Crippen molar-refractivity contribution in [2.24, 2.45) is 0 Å². The summed E-state index contributed by atoms with van der Waals surface area (Å²) in [7, 11) is 0. The standard InChI is InChI=1S/C19H23N3O7/c23-16-5-4-15(18(26)21-16)22-10-13-12(19(22)27)2-1-3-14(13)20-6-7-28-8-9-29-11-17(24)25/h1-3,15,20H,4-11H2,(H,24,25)(H,21,23,26). The van der Waals surface area contributed by atoms with Crippen LogP contribution in [0.5, 0.6) is 0 Å². The van der Waals surface area contributed by atoms with Crippen LogP contribution in [0.15, 0.2) is 18.2 Å². The largest absolute Gasteiger partial charge is 0.480 e. The van der Waals surface area contributed by atoms with Gasteiger partial charge in [-0.3, -0.25) is 19.7 Å². The van der Waals surface area contributed by atoms with E-state index in [4.69, 9.17) is 14.6 Å². The van der Waals surface area contributed by atoms with Crippen LogP contribution < -0.4 is 10.6 Å². The van der Waals surface area contributed by atoms with Crippen molar-refractivity contribution in [1.29, 1.82) is 0 Å². The van der Waals surface area contributed by atoms with Crippen molar-refractivity contribution in [3.05, 3.63) is 29.3 Å². The van der Waals surface area contributed by atoms with E-state index in [1.807, 2.05) is 6.07 Å². The van der Waals surface area contributed by atoms with Gasteiger partial charge in [-0.05, 0) is 18.6 Å². The molecular formula is C19H23N3O7. The molecule has 156 valence electrons. The maximum absolute atomic E-state index is 12.8. The van der Waals surface area contributed by atoms with E-state index < -0.39 is 17.9 Å². The number of carbonyl (C=O) groups is 4. The lowest BCUT2D eigenvalue weighted by molar-refractivity contribution is -0.142. The first-order valence-corrected chi connectivity index (χ1v) is 9.35. The molecule has 1 fully saturated rings. The summed E-state index contributed by atoms with van der Waals surface area (Å²) in [5.74, 6) is -1.99. The van der Waals surface area contributed by atoms with Crippen LogP contribution in [0.3, 0.4) is 0 Å². The zero-order valence-corrected chi connectivity index (χ0v) is 15.8. The number of nitrogens with zero attached hydrogens (tertiary/aromatic N) is 1. The van der Waals surface area contributed by atoms with Crippen LogP contribution in [-0.2, 0) is 30.4 Å². The molecule has 1 aromatic rings. The van der Waals surface area contributed by atoms with Crippen LogP contribution in [0.25, 0.3) is 0 Å². The predicted octanol–water partition coefficient (Wildman–Crippen LogP) is -0.0227. The summed E-state index contributed by atoms with van der Waals surface area (Å²) in [5, 5.41) is 14.0. The Kier molecular flexibility index (Phi) is 6.78. The van der Waals surface area contributed by atoms with Gasteiger partial charge in [0.25, 0.3) is 5.91 Å². The van der Waals surface area contributed by atoms with Gasteiger partial charge in [0.2, 0.25) is 11.8 Å². The number of fused-ring (bicyclic) bond motifs is 1. The highest BCUT2D eigenvalue weighted by molar-refractivity contribution is 6.06. The molecule has 10 heteroatoms. The summed E-state index contributed by atoms with van der Waals surface area (Å²) in [6.45, 7) is 1.29. The van der Waals surface area contributed by atoms with Crippen LogP contribution in [0, 0.1) is 0 Å². The predicted molar refractivity (Wildman–Crippen MR) is 100 cm³/mol. The summed E-state index contributed by atoms with van der Waals surface area (Å²) in [6.07, 6.45) is 0.542. The van der Waals surface area contributed by atoms with Crippen molar-refractivity contribution >= 4 is 29.4 Å². The first kappa shape index (κ1) is 20.7. The lowest BCUT2D eigenvalue weighted by Crippen LogP contribution is -2.52. The number of carbonyl (C=O) groups excluding carboxylic acids is 3. The van der Waals surface area contributed by atoms with Crippen LogP contribution in [0.1, 0.15) is 28.8 Å². The number of aliphatic carboxylic acids is 1. The van der Waals surface area contributed by atoms with Gasteiger partial charge in [0.05, 0.1) is 19.8 Å². The molecule has 2 aliphatic rings. The summed E-state index contributed by atoms with van der Waals surface area (Å²) in [5.41, 5.74) is 2.14. The summed E-state index contributed by atoms with van der Waals surface area (Å²) < 4.78 is 10.3. The Balaban J connectivity index is 1.51. The van der Waals surface area contributed by atoms with Gasteiger partial charge in [0.1, 0.15) is 12.6 Å². The molecule has 10 nitrogen and oxygen atoms in total. The number of ether oxygens (including phenoxy) is 2. The number of imide groups is 1. The summed E-state index contributed by atoms with van der Waals surface area (Å²) in [6, 6.07) is 4.71. The minimum Gasteiger partial charge on any atom is -0.480 e. The number of nitrogens with one attached hydrogen (secondary N) is 2. The van der Waals surface area contributed by atoms with Crippen molar-refractivity contribution in [2.75, 3.05) is 38.3 Å². The van der Waals surface area contributed by atoms with E-state index in [0.717, 1.165) is 11.3 Å². The van der Waals surface area contributed by atoms with Gasteiger partial charge in [-0.15, -0.1) is 0 Å². The molecule has 0 saturated carbocycles. The molecule has 0 radical (unpaired) electrons. The number of benzene rings is 1. The van der Waals surface area contributed by atoms with E-state index in [9.17, 15) is 19.2 Å². The van der Waals surface area contributed by atoms with Gasteiger partial charge in [-0.2, -0.15) is 0 Å². The van der Waals surface area contributed by atoms with Crippen molar-refractivity contribution in [2.45, 2.75) is 25.4 Å². The number of rotatable bonds is 10. The molecule has 3 rings (SSSR count). The molecule has 1 aromatic carbocycles. The fourth-order valence-corrected chi connectivity index (χ4v) is 3.39. The highest BCUT2D eigenvalue weighted by Crippen LogP contribution is 2.32. The molecule has 2 heterocycles. The first-order chi connectivity index (χ1) is 14.0. The van der Waals surface area contributed by atoms with E-state index in [2.05, 4.69) is 10.6 Å². The topological polar surface area (TPSA) is 134 Å². The maximum atomic E-state index is 12.8. The third-order valence-electron chi connectivity index (χ3n) is 4.74. The van der Waals surface area contributed by atoms with Crippen molar-refractivity contribution in [3.8, 4) is 0 Å². The maximum Gasteiger partial charge on any atom is 0.329 e. The molecule has 1 unspecified atom stereocenters. The van der Waals surface area contributed by atoms with Crippen molar-refractivity contribution in [1.82, 2.24) is 10.2 Å². The second-order valence-corrected chi connectivity index (χ2v) is 6.72. The second-order valence-electron chi connectivity index (χ2n) is 6.72. The molecule has 3 amide bonds. The third kappa shape index (κ3) is 5.09. The molecule has 0 bridgehead atoms. The van der Waals surface area contributed by atoms with Gasteiger partial charge in [0, 0.05) is 36.3 Å². The molecule has 29 heavy (non-hydrogen) atoms. The lowest BCUT2D eigenvalue weighted by Gasteiger charge is -2.29. The Morgan fingerprint density at radius 3 is 2.76 bits per heavy atom. The average Bonchev–Trinajstić information content (AvgIpc) is 3.01. The number of amides is 3. The van der Waals surface area contributed by atoms with Crippen molar-refractivity contribution < 1.29 is 33.8 Å². The zero-order chi connectivity index (χ0) is 20.8. The van der Waals surface area contributed by atoms with Crippen LogP contribution in [0.2, 0.25) is 0 Å². The number of hydrogen-bond donors (Lipinski definition) is 3. The lowest BCUT2D eigenvalue weighted by atomic mass is 10.0. The number of piperidine rings is 1. The number of carboxylic acids is 1. The van der Waals surface area contributed by atoms with Gasteiger partial charge in [-0.25, -0.2) is 4.79 Å². The molecule has 1 saturated heterocycles. The molecular weight excluding hydrogens is 382 g/mol. The van der Waals surface area contributed by atoms with E-state index in [-0.39, 0.29) is 38.1 Å². The average molecular weight is 405 g/mol. The monoisotopic (exact) mass is 405 g/mol. The Morgan fingerprint density at radius 1 is 1.21 bits per heavy atom. The van der Waals surface area contributed by atoms with Crippen molar-refractivity contribution in [3.63, 3.8) is 0 Å². The van der Waals surface area contributed by atoms with Crippen LogP contribution in [-0.4, -0.2) is 72.7 Å². The SMILES string of the molecule is O=C(O)COCCOCCNc1cccc2c1CN(C1CCC(=O)NC1=O)C2=O. The Bertz CT molecular complexity index is 811. The number of hydrogen-bond acceptors (Lipinski definition) is 7. The minimum absolute atomic E-state index is 0.197. The summed E-state index contributed by atoms with van der Waals surface area (Å²) >= 11 is 0. The smallest absolute Gasteiger partial charge is 0.329 e. The molecule has 1 atom stereocenters. The van der Waals surface area contributed by atoms with Gasteiger partial charge >= 0.3 is 5.97 Å². The highest BCUT2D eigenvalue weighted by Gasteiger charge is 2.39. The Labute approximate surface area is 167 Å². The van der Waals surface area contributed by atoms with E-state index in [1.165, 1.54) is 4.90 Å². The fourth-order valence-electron chi connectivity index (χ4n) is 3.39. The van der Waals surface area contributed by atoms with Crippen LogP contribution in [0.4, 0.5) is 5.69 Å². The van der Waals surface area contributed by atoms with E-state index in [0.29, 0.717) is 31.7 Å². The van der Waals surface area contributed by atoms with E-state index >= 15 is 0 Å². The number of anilines is 1. The second kappa shape index (κ2) is 9.48. The molecule has 3 N–H and O–H groups in total. The normalized spacial score (nSPS) is 18.6. The van der Waals surface area contributed by atoms with Gasteiger partial charge in [0.15, 0.2) is 0 Å². The minimum atomic E-state index is -1.02. The van der Waals surface area contributed by atoms with Gasteiger partial charge < -0.3 is 24.8 Å².